The molecular formula is C19H29NO4. The molecule has 0 aliphatic heterocycles. The minimum atomic E-state index is -0.706. The monoisotopic (exact) mass is 335 g/mol. The molecule has 0 aliphatic carbocycles. The Bertz CT molecular complexity index is 582. The van der Waals surface area contributed by atoms with Crippen LogP contribution in [0.3, 0.4) is 0 Å². The van der Waals surface area contributed by atoms with Crippen LogP contribution < -0.4 is 10.1 Å². The van der Waals surface area contributed by atoms with Crippen molar-refractivity contribution in [3.05, 3.63) is 29.8 Å². The van der Waals surface area contributed by atoms with Crippen LogP contribution in [0, 0.1) is 0 Å². The van der Waals surface area contributed by atoms with Crippen LogP contribution in [-0.2, 0) is 19.7 Å². The van der Waals surface area contributed by atoms with Crippen LogP contribution in [0.4, 0.5) is 0 Å². The van der Waals surface area contributed by atoms with Crippen molar-refractivity contribution in [2.45, 2.75) is 65.6 Å². The molecule has 1 N–H and O–H groups in total. The standard InChI is InChI=1S/C19H29NO4/c1-13(17(22)20-12-16(21)24-19(5,6)7)23-15-10-8-9-14(11-15)18(2,3)4/h8-11,13H,12H2,1-7H3,(H,20,22). The summed E-state index contributed by atoms with van der Waals surface area (Å²) in [5, 5.41) is 2.53. The molecule has 0 saturated carbocycles. The van der Waals surface area contributed by atoms with Crippen LogP contribution in [0.2, 0.25) is 0 Å². The number of rotatable bonds is 5. The van der Waals surface area contributed by atoms with E-state index in [1.54, 1.807) is 27.7 Å². The molecule has 24 heavy (non-hydrogen) atoms. The van der Waals surface area contributed by atoms with E-state index in [0.717, 1.165) is 5.56 Å². The maximum atomic E-state index is 12.1. The topological polar surface area (TPSA) is 64.6 Å². The highest BCUT2D eigenvalue weighted by Crippen LogP contribution is 2.26. The molecule has 5 nitrogen and oxygen atoms in total. The van der Waals surface area contributed by atoms with E-state index in [1.165, 1.54) is 0 Å². The van der Waals surface area contributed by atoms with Crippen LogP contribution in [-0.4, -0.2) is 30.1 Å². The second-order valence-electron chi connectivity index (χ2n) is 7.84. The Labute approximate surface area is 144 Å². The molecule has 0 aromatic heterocycles. The smallest absolute Gasteiger partial charge is 0.325 e. The summed E-state index contributed by atoms with van der Waals surface area (Å²) < 4.78 is 10.8. The lowest BCUT2D eigenvalue weighted by Gasteiger charge is -2.21. The van der Waals surface area contributed by atoms with Gasteiger partial charge in [0.15, 0.2) is 6.10 Å². The van der Waals surface area contributed by atoms with E-state index in [4.69, 9.17) is 9.47 Å². The zero-order valence-electron chi connectivity index (χ0n) is 15.7. The molecule has 1 aromatic carbocycles. The number of carbonyl (C=O) groups is 2. The molecule has 0 spiro atoms. The van der Waals surface area contributed by atoms with E-state index < -0.39 is 17.7 Å². The van der Waals surface area contributed by atoms with Gasteiger partial charge in [0.1, 0.15) is 17.9 Å². The Morgan fingerprint density at radius 3 is 2.29 bits per heavy atom. The largest absolute Gasteiger partial charge is 0.481 e. The minimum Gasteiger partial charge on any atom is -0.481 e. The molecule has 134 valence electrons. The van der Waals surface area contributed by atoms with Crippen LogP contribution >= 0.6 is 0 Å². The third-order valence-electron chi connectivity index (χ3n) is 3.21. The quantitative estimate of drug-likeness (QED) is 0.839. The molecule has 0 aliphatic rings. The Morgan fingerprint density at radius 2 is 1.75 bits per heavy atom. The lowest BCUT2D eigenvalue weighted by atomic mass is 9.87. The Hall–Kier alpha value is -2.04. The van der Waals surface area contributed by atoms with Gasteiger partial charge in [-0.3, -0.25) is 9.59 Å². The highest BCUT2D eigenvalue weighted by Gasteiger charge is 2.20. The molecule has 1 unspecified atom stereocenters. The fraction of sp³-hybridized carbons (Fsp3) is 0.579. The Balaban J connectivity index is 2.57. The van der Waals surface area contributed by atoms with Crippen molar-refractivity contribution in [3.8, 4) is 5.75 Å². The van der Waals surface area contributed by atoms with Crippen LogP contribution in [0.1, 0.15) is 54.0 Å². The summed E-state index contributed by atoms with van der Waals surface area (Å²) >= 11 is 0. The van der Waals surface area contributed by atoms with Crippen LogP contribution in [0.5, 0.6) is 5.75 Å². The molecule has 0 saturated heterocycles. The SMILES string of the molecule is CC(Oc1cccc(C(C)(C)C)c1)C(=O)NCC(=O)OC(C)(C)C. The van der Waals surface area contributed by atoms with Gasteiger partial charge in [-0.1, -0.05) is 32.9 Å². The number of carbonyl (C=O) groups excluding carboxylic acids is 2. The second kappa shape index (κ2) is 7.69. The van der Waals surface area contributed by atoms with E-state index in [0.29, 0.717) is 5.75 Å². The normalized spacial score (nSPS) is 13.1. The molecule has 0 heterocycles. The minimum absolute atomic E-state index is 0.00157. The first-order valence-electron chi connectivity index (χ1n) is 8.15. The average Bonchev–Trinajstić information content (AvgIpc) is 2.42. The van der Waals surface area contributed by atoms with Crippen molar-refractivity contribution in [2.24, 2.45) is 0 Å². The van der Waals surface area contributed by atoms with Gasteiger partial charge in [0.25, 0.3) is 5.91 Å². The van der Waals surface area contributed by atoms with Crippen molar-refractivity contribution in [3.63, 3.8) is 0 Å². The van der Waals surface area contributed by atoms with Gasteiger partial charge in [-0.05, 0) is 50.8 Å². The van der Waals surface area contributed by atoms with E-state index in [1.807, 2.05) is 24.3 Å². The van der Waals surface area contributed by atoms with Crippen molar-refractivity contribution >= 4 is 11.9 Å². The first-order valence-corrected chi connectivity index (χ1v) is 8.15. The van der Waals surface area contributed by atoms with E-state index >= 15 is 0 Å². The van der Waals surface area contributed by atoms with Gasteiger partial charge in [-0.2, -0.15) is 0 Å². The fourth-order valence-corrected chi connectivity index (χ4v) is 1.97. The van der Waals surface area contributed by atoms with Crippen molar-refractivity contribution < 1.29 is 19.1 Å². The molecule has 1 atom stereocenters. The highest BCUT2D eigenvalue weighted by molar-refractivity contribution is 5.85. The van der Waals surface area contributed by atoms with Gasteiger partial charge >= 0.3 is 5.97 Å². The lowest BCUT2D eigenvalue weighted by molar-refractivity contribution is -0.154. The summed E-state index contributed by atoms with van der Waals surface area (Å²) in [7, 11) is 0. The average molecular weight is 335 g/mol. The zero-order valence-corrected chi connectivity index (χ0v) is 15.7. The molecular weight excluding hydrogens is 306 g/mol. The molecule has 1 amide bonds. The maximum absolute atomic E-state index is 12.1. The van der Waals surface area contributed by atoms with Gasteiger partial charge < -0.3 is 14.8 Å². The zero-order chi connectivity index (χ0) is 18.5. The van der Waals surface area contributed by atoms with E-state index in [2.05, 4.69) is 26.1 Å². The van der Waals surface area contributed by atoms with Gasteiger partial charge in [-0.15, -0.1) is 0 Å². The van der Waals surface area contributed by atoms with Crippen molar-refractivity contribution in [1.29, 1.82) is 0 Å². The first kappa shape index (κ1) is 20.0. The van der Waals surface area contributed by atoms with E-state index in [9.17, 15) is 9.59 Å². The molecule has 0 fully saturated rings. The number of amides is 1. The molecule has 0 bridgehead atoms. The van der Waals surface area contributed by atoms with Gasteiger partial charge in [0, 0.05) is 0 Å². The molecule has 5 heteroatoms. The number of ether oxygens (including phenoxy) is 2. The summed E-state index contributed by atoms with van der Waals surface area (Å²) in [6.45, 7) is 13.2. The van der Waals surface area contributed by atoms with Gasteiger partial charge in [0.05, 0.1) is 0 Å². The van der Waals surface area contributed by atoms with Crippen LogP contribution in [0.15, 0.2) is 24.3 Å². The number of benzene rings is 1. The van der Waals surface area contributed by atoms with Gasteiger partial charge in [-0.25, -0.2) is 0 Å². The van der Waals surface area contributed by atoms with Gasteiger partial charge in [0.2, 0.25) is 0 Å². The number of nitrogens with one attached hydrogen (secondary N) is 1. The Kier molecular flexibility index (Phi) is 6.41. The Morgan fingerprint density at radius 1 is 1.12 bits per heavy atom. The predicted molar refractivity (Wildman–Crippen MR) is 94.1 cm³/mol. The van der Waals surface area contributed by atoms with Crippen molar-refractivity contribution in [2.75, 3.05) is 6.54 Å². The summed E-state index contributed by atoms with van der Waals surface area (Å²) in [5.74, 6) is -0.206. The summed E-state index contributed by atoms with van der Waals surface area (Å²) in [5.41, 5.74) is 0.556. The van der Waals surface area contributed by atoms with E-state index in [-0.39, 0.29) is 17.9 Å². The first-order chi connectivity index (χ1) is 10.9. The maximum Gasteiger partial charge on any atom is 0.325 e. The number of esters is 1. The third-order valence-corrected chi connectivity index (χ3v) is 3.21. The molecule has 0 radical (unpaired) electrons. The van der Waals surface area contributed by atoms with Crippen LogP contribution in [0.25, 0.3) is 0 Å². The highest BCUT2D eigenvalue weighted by atomic mass is 16.6. The fourth-order valence-electron chi connectivity index (χ4n) is 1.97. The number of hydrogen-bond acceptors (Lipinski definition) is 4. The number of hydrogen-bond donors (Lipinski definition) is 1. The lowest BCUT2D eigenvalue weighted by Crippen LogP contribution is -2.40. The summed E-state index contributed by atoms with van der Waals surface area (Å²) in [6.07, 6.45) is -0.706. The second-order valence-corrected chi connectivity index (χ2v) is 7.84. The predicted octanol–water partition coefficient (Wildman–Crippen LogP) is 3.21. The summed E-state index contributed by atoms with van der Waals surface area (Å²) in [6, 6.07) is 7.67. The molecule has 1 aromatic rings. The summed E-state index contributed by atoms with van der Waals surface area (Å²) in [4.78, 5) is 23.7. The van der Waals surface area contributed by atoms with Crippen molar-refractivity contribution in [1.82, 2.24) is 5.32 Å². The molecule has 1 rings (SSSR count). The third kappa shape index (κ3) is 7.02.